The molecule has 0 saturated heterocycles. The summed E-state index contributed by atoms with van der Waals surface area (Å²) in [5, 5.41) is 24.8. The lowest BCUT2D eigenvalue weighted by Gasteiger charge is -2.19. The van der Waals surface area contributed by atoms with Gasteiger partial charge in [-0.15, -0.1) is 5.10 Å². The van der Waals surface area contributed by atoms with Crippen LogP contribution in [-0.2, 0) is 4.74 Å². The van der Waals surface area contributed by atoms with Gasteiger partial charge in [-0.1, -0.05) is 6.92 Å². The van der Waals surface area contributed by atoms with Crippen molar-refractivity contribution in [3.05, 3.63) is 0 Å². The van der Waals surface area contributed by atoms with Gasteiger partial charge in [0.1, 0.15) is 0 Å². The molecule has 0 spiro atoms. The number of ether oxygens (including phenoxy) is 1. The van der Waals surface area contributed by atoms with E-state index in [4.69, 9.17) is 9.84 Å². The maximum Gasteiger partial charge on any atom is 0.239 e. The number of aliphatic hydroxyl groups is 2. The molecule has 0 aromatic rings. The van der Waals surface area contributed by atoms with E-state index in [-0.39, 0.29) is 24.8 Å². The number of rotatable bonds is 5. The Kier molecular flexibility index (Phi) is 4.12. The summed E-state index contributed by atoms with van der Waals surface area (Å²) in [7, 11) is 0. The molecule has 6 heteroatoms. The van der Waals surface area contributed by atoms with Crippen LogP contribution in [0.5, 0.6) is 0 Å². The Balaban J connectivity index is 2.38. The van der Waals surface area contributed by atoms with Gasteiger partial charge in [-0.2, -0.15) is 0 Å². The third kappa shape index (κ3) is 2.57. The van der Waals surface area contributed by atoms with Crippen LogP contribution in [0.4, 0.5) is 0 Å². The minimum absolute atomic E-state index is 0.0899. The van der Waals surface area contributed by atoms with Crippen LogP contribution in [0.3, 0.4) is 0 Å². The molecule has 0 aliphatic carbocycles. The zero-order valence-electron chi connectivity index (χ0n) is 8.40. The molecule has 3 atom stereocenters. The standard InChI is InChI=1S/C8H17N3O3/c1-3-9-5(2)7-10-11-8(14-7)6(13)4-12/h5-7,9-10,12-13H,3-4H2,1-2H3. The van der Waals surface area contributed by atoms with Crippen LogP contribution in [0.1, 0.15) is 13.8 Å². The summed E-state index contributed by atoms with van der Waals surface area (Å²) in [6.45, 7) is 4.39. The molecule has 6 nitrogen and oxygen atoms in total. The SMILES string of the molecule is CCNC(C)C1NN=C(C(O)CO)O1. The third-order valence-electron chi connectivity index (χ3n) is 1.99. The van der Waals surface area contributed by atoms with Crippen molar-refractivity contribution in [2.45, 2.75) is 32.2 Å². The first-order valence-electron chi connectivity index (χ1n) is 4.71. The number of hydrogen-bond donors (Lipinski definition) is 4. The van der Waals surface area contributed by atoms with Crippen molar-refractivity contribution in [3.8, 4) is 0 Å². The summed E-state index contributed by atoms with van der Waals surface area (Å²) < 4.78 is 5.29. The van der Waals surface area contributed by atoms with Crippen LogP contribution in [0.15, 0.2) is 5.10 Å². The Labute approximate surface area is 83.0 Å². The molecular formula is C8H17N3O3. The van der Waals surface area contributed by atoms with Crippen molar-refractivity contribution < 1.29 is 14.9 Å². The maximum absolute atomic E-state index is 9.22. The molecule has 0 aromatic heterocycles. The van der Waals surface area contributed by atoms with E-state index < -0.39 is 6.10 Å². The second-order valence-corrected chi connectivity index (χ2v) is 3.16. The Hall–Kier alpha value is -0.850. The average molecular weight is 203 g/mol. The van der Waals surface area contributed by atoms with Crippen molar-refractivity contribution in [3.63, 3.8) is 0 Å². The third-order valence-corrected chi connectivity index (χ3v) is 1.99. The Morgan fingerprint density at radius 3 is 3.00 bits per heavy atom. The minimum Gasteiger partial charge on any atom is -0.451 e. The van der Waals surface area contributed by atoms with E-state index in [0.29, 0.717) is 0 Å². The molecule has 0 fully saturated rings. The van der Waals surface area contributed by atoms with Gasteiger partial charge in [0, 0.05) is 0 Å². The largest absolute Gasteiger partial charge is 0.451 e. The molecule has 0 amide bonds. The van der Waals surface area contributed by atoms with Gasteiger partial charge in [-0.05, 0) is 13.5 Å². The molecule has 4 N–H and O–H groups in total. The van der Waals surface area contributed by atoms with E-state index in [0.717, 1.165) is 6.54 Å². The highest BCUT2D eigenvalue weighted by molar-refractivity contribution is 5.81. The summed E-state index contributed by atoms with van der Waals surface area (Å²) in [6.07, 6.45) is -1.33. The zero-order chi connectivity index (χ0) is 10.6. The monoisotopic (exact) mass is 203 g/mol. The lowest BCUT2D eigenvalue weighted by atomic mass is 10.3. The predicted molar refractivity (Wildman–Crippen MR) is 51.7 cm³/mol. The molecule has 0 aromatic carbocycles. The van der Waals surface area contributed by atoms with Crippen LogP contribution < -0.4 is 10.7 Å². The first kappa shape index (κ1) is 11.2. The Bertz CT molecular complexity index is 210. The molecule has 1 rings (SSSR count). The first-order valence-corrected chi connectivity index (χ1v) is 4.71. The lowest BCUT2D eigenvalue weighted by molar-refractivity contribution is 0.0918. The molecule has 0 bridgehead atoms. The van der Waals surface area contributed by atoms with Crippen LogP contribution in [0.25, 0.3) is 0 Å². The van der Waals surface area contributed by atoms with E-state index >= 15 is 0 Å². The van der Waals surface area contributed by atoms with Gasteiger partial charge in [0.15, 0.2) is 6.10 Å². The first-order chi connectivity index (χ1) is 6.69. The number of hydrogen-bond acceptors (Lipinski definition) is 6. The van der Waals surface area contributed by atoms with Gasteiger partial charge < -0.3 is 20.3 Å². The van der Waals surface area contributed by atoms with E-state index in [1.54, 1.807) is 0 Å². The highest BCUT2D eigenvalue weighted by atomic mass is 16.5. The summed E-state index contributed by atoms with van der Waals surface area (Å²) in [5.41, 5.74) is 2.74. The zero-order valence-corrected chi connectivity index (χ0v) is 8.40. The van der Waals surface area contributed by atoms with Gasteiger partial charge in [0.05, 0.1) is 12.6 Å². The quantitative estimate of drug-likeness (QED) is 0.441. The molecule has 0 radical (unpaired) electrons. The number of hydrazone groups is 1. The van der Waals surface area contributed by atoms with Gasteiger partial charge in [-0.3, -0.25) is 5.43 Å². The number of nitrogens with zero attached hydrogens (tertiary/aromatic N) is 1. The fourth-order valence-corrected chi connectivity index (χ4v) is 1.18. The van der Waals surface area contributed by atoms with Crippen molar-refractivity contribution in [1.29, 1.82) is 0 Å². The number of likely N-dealkylation sites (N-methyl/N-ethyl adjacent to an activating group) is 1. The summed E-state index contributed by atoms with van der Waals surface area (Å²) >= 11 is 0. The Morgan fingerprint density at radius 1 is 1.71 bits per heavy atom. The average Bonchev–Trinajstić information content (AvgIpc) is 2.66. The molecule has 0 saturated carbocycles. The highest BCUT2D eigenvalue weighted by Gasteiger charge is 2.28. The lowest BCUT2D eigenvalue weighted by Crippen LogP contribution is -2.44. The van der Waals surface area contributed by atoms with Gasteiger partial charge in [-0.25, -0.2) is 0 Å². The molecule has 1 heterocycles. The Morgan fingerprint density at radius 2 is 2.43 bits per heavy atom. The number of nitrogens with one attached hydrogen (secondary N) is 2. The summed E-state index contributed by atoms with van der Waals surface area (Å²) in [5.74, 6) is 0.141. The van der Waals surface area contributed by atoms with Crippen LogP contribution >= 0.6 is 0 Å². The topological polar surface area (TPSA) is 86.1 Å². The van der Waals surface area contributed by atoms with Gasteiger partial charge in [0.2, 0.25) is 12.1 Å². The molecule has 3 unspecified atom stereocenters. The molecule has 82 valence electrons. The second kappa shape index (κ2) is 5.14. The molecule has 1 aliphatic heterocycles. The predicted octanol–water partition coefficient (Wildman–Crippen LogP) is -1.40. The van der Waals surface area contributed by atoms with Crippen molar-refractivity contribution in [2.75, 3.05) is 13.2 Å². The van der Waals surface area contributed by atoms with Gasteiger partial charge >= 0.3 is 0 Å². The van der Waals surface area contributed by atoms with Crippen LogP contribution in [-0.4, -0.2) is 47.6 Å². The molecule has 1 aliphatic rings. The minimum atomic E-state index is -1.04. The van der Waals surface area contributed by atoms with E-state index in [1.807, 2.05) is 13.8 Å². The van der Waals surface area contributed by atoms with E-state index in [9.17, 15) is 5.11 Å². The van der Waals surface area contributed by atoms with Crippen molar-refractivity contribution in [1.82, 2.24) is 10.7 Å². The highest BCUT2D eigenvalue weighted by Crippen LogP contribution is 2.06. The molecular weight excluding hydrogens is 186 g/mol. The normalized spacial score (nSPS) is 24.9. The fourth-order valence-electron chi connectivity index (χ4n) is 1.18. The fraction of sp³-hybridized carbons (Fsp3) is 0.875. The van der Waals surface area contributed by atoms with E-state index in [2.05, 4.69) is 15.8 Å². The molecule has 14 heavy (non-hydrogen) atoms. The number of aliphatic hydroxyl groups excluding tert-OH is 2. The smallest absolute Gasteiger partial charge is 0.239 e. The van der Waals surface area contributed by atoms with Crippen LogP contribution in [0.2, 0.25) is 0 Å². The second-order valence-electron chi connectivity index (χ2n) is 3.16. The maximum atomic E-state index is 9.22. The van der Waals surface area contributed by atoms with E-state index in [1.165, 1.54) is 0 Å². The van der Waals surface area contributed by atoms with Gasteiger partial charge in [0.25, 0.3) is 0 Å². The summed E-state index contributed by atoms with van der Waals surface area (Å²) in [6, 6.07) is 0.0899. The van der Waals surface area contributed by atoms with Crippen LogP contribution in [0, 0.1) is 0 Å². The summed E-state index contributed by atoms with van der Waals surface area (Å²) in [4.78, 5) is 0. The van der Waals surface area contributed by atoms with Crippen molar-refractivity contribution >= 4 is 5.90 Å². The van der Waals surface area contributed by atoms with Crippen molar-refractivity contribution in [2.24, 2.45) is 5.10 Å².